The molecule has 0 amide bonds. The standard InChI is InChI=1S/C8H9O3P.C5H10O3/c9-6-7-12(10)11-8-4-2-1-3-5-8;1-3-8-5(7)4(2)6/h1-6,10H,7H2;4,6H,3H2,1-2H3. The molecule has 0 aliphatic rings. The van der Waals surface area contributed by atoms with Gasteiger partial charge in [-0.2, -0.15) is 0 Å². The third-order valence-corrected chi connectivity index (χ3v) is 2.70. The Bertz CT molecular complexity index is 382. The highest BCUT2D eigenvalue weighted by molar-refractivity contribution is 7.47. The van der Waals surface area contributed by atoms with Crippen LogP contribution >= 0.6 is 8.38 Å². The molecule has 2 unspecified atom stereocenters. The molecule has 0 saturated heterocycles. The van der Waals surface area contributed by atoms with Crippen molar-refractivity contribution < 1.29 is 28.8 Å². The second-order valence-electron chi connectivity index (χ2n) is 3.53. The van der Waals surface area contributed by atoms with Crippen LogP contribution in [0.25, 0.3) is 0 Å². The smallest absolute Gasteiger partial charge is 0.334 e. The van der Waals surface area contributed by atoms with Crippen molar-refractivity contribution in [3.63, 3.8) is 0 Å². The Labute approximate surface area is 119 Å². The first-order valence-corrected chi connectivity index (χ1v) is 7.38. The quantitative estimate of drug-likeness (QED) is 0.470. The third-order valence-electron chi connectivity index (χ3n) is 1.81. The molecule has 0 aliphatic heterocycles. The Morgan fingerprint density at radius 2 is 2.00 bits per heavy atom. The number of carbonyl (C=O) groups excluding carboxylic acids is 2. The average Bonchev–Trinajstić information content (AvgIpc) is 2.41. The van der Waals surface area contributed by atoms with Crippen LogP contribution in [-0.2, 0) is 14.3 Å². The molecule has 2 N–H and O–H groups in total. The van der Waals surface area contributed by atoms with Crippen LogP contribution in [0.2, 0.25) is 0 Å². The number of hydrogen-bond donors (Lipinski definition) is 2. The molecular weight excluding hydrogens is 283 g/mol. The van der Waals surface area contributed by atoms with Gasteiger partial charge < -0.3 is 24.1 Å². The molecule has 6 nitrogen and oxygen atoms in total. The minimum Gasteiger partial charge on any atom is -0.464 e. The number of ether oxygens (including phenoxy) is 1. The third kappa shape index (κ3) is 9.44. The van der Waals surface area contributed by atoms with Crippen LogP contribution in [0.3, 0.4) is 0 Å². The van der Waals surface area contributed by atoms with E-state index in [2.05, 4.69) is 4.74 Å². The van der Waals surface area contributed by atoms with E-state index in [9.17, 15) is 9.59 Å². The van der Waals surface area contributed by atoms with Crippen LogP contribution in [0.4, 0.5) is 0 Å². The lowest BCUT2D eigenvalue weighted by atomic mass is 10.3. The summed E-state index contributed by atoms with van der Waals surface area (Å²) in [5.41, 5.74) is 0. The maximum absolute atomic E-state index is 10.3. The number of hydrogen-bond acceptors (Lipinski definition) is 6. The first kappa shape index (κ1) is 18.5. The highest BCUT2D eigenvalue weighted by Gasteiger charge is 2.07. The second kappa shape index (κ2) is 11.3. The zero-order chi connectivity index (χ0) is 15.4. The van der Waals surface area contributed by atoms with E-state index in [1.165, 1.54) is 6.92 Å². The monoisotopic (exact) mass is 302 g/mol. The van der Waals surface area contributed by atoms with Crippen molar-refractivity contribution in [2.24, 2.45) is 0 Å². The van der Waals surface area contributed by atoms with E-state index in [0.717, 1.165) is 0 Å². The van der Waals surface area contributed by atoms with E-state index in [1.54, 1.807) is 31.2 Å². The summed E-state index contributed by atoms with van der Waals surface area (Å²) in [5.74, 6) is 0.0282. The van der Waals surface area contributed by atoms with Gasteiger partial charge in [0.15, 0.2) is 0 Å². The van der Waals surface area contributed by atoms with Crippen LogP contribution in [0.15, 0.2) is 30.3 Å². The Kier molecular flexibility index (Phi) is 10.5. The first-order chi connectivity index (χ1) is 9.51. The summed E-state index contributed by atoms with van der Waals surface area (Å²) < 4.78 is 9.46. The van der Waals surface area contributed by atoms with E-state index >= 15 is 0 Å². The molecule has 0 spiro atoms. The molecule has 0 radical (unpaired) electrons. The summed E-state index contributed by atoms with van der Waals surface area (Å²) in [6.07, 6.45) is -0.284. The molecule has 2 atom stereocenters. The first-order valence-electron chi connectivity index (χ1n) is 5.99. The van der Waals surface area contributed by atoms with E-state index in [1.807, 2.05) is 6.07 Å². The predicted octanol–water partition coefficient (Wildman–Crippen LogP) is 1.50. The maximum atomic E-state index is 10.3. The van der Waals surface area contributed by atoms with Gasteiger partial charge in [0.1, 0.15) is 18.1 Å². The van der Waals surface area contributed by atoms with Crippen LogP contribution in [-0.4, -0.2) is 41.1 Å². The number of benzene rings is 1. The Morgan fingerprint density at radius 1 is 1.40 bits per heavy atom. The molecular formula is C13H19O6P. The summed E-state index contributed by atoms with van der Waals surface area (Å²) in [6.45, 7) is 3.39. The largest absolute Gasteiger partial charge is 0.464 e. The van der Waals surface area contributed by atoms with E-state index < -0.39 is 20.4 Å². The van der Waals surface area contributed by atoms with Crippen molar-refractivity contribution in [3.8, 4) is 5.75 Å². The summed E-state index contributed by atoms with van der Waals surface area (Å²) in [4.78, 5) is 29.4. The highest BCUT2D eigenvalue weighted by Crippen LogP contribution is 2.31. The van der Waals surface area contributed by atoms with Gasteiger partial charge in [-0.25, -0.2) is 4.79 Å². The molecule has 20 heavy (non-hydrogen) atoms. The highest BCUT2D eigenvalue weighted by atomic mass is 31.2. The lowest BCUT2D eigenvalue weighted by Gasteiger charge is -2.08. The lowest BCUT2D eigenvalue weighted by molar-refractivity contribution is -0.151. The Balaban J connectivity index is 0.000000396. The molecule has 1 aromatic carbocycles. The minimum absolute atomic E-state index is 0.0597. The van der Waals surface area contributed by atoms with Gasteiger partial charge in [0.05, 0.1) is 12.8 Å². The fraction of sp³-hybridized carbons (Fsp3) is 0.385. The Hall–Kier alpha value is -1.49. The Morgan fingerprint density at radius 3 is 2.40 bits per heavy atom. The zero-order valence-electron chi connectivity index (χ0n) is 11.4. The van der Waals surface area contributed by atoms with Gasteiger partial charge in [-0.05, 0) is 26.0 Å². The topological polar surface area (TPSA) is 93.1 Å². The minimum atomic E-state index is -1.63. The SMILES string of the molecule is CCOC(=O)C(C)O.O=CCP(O)Oc1ccccc1. The van der Waals surface area contributed by atoms with Gasteiger partial charge >= 0.3 is 5.97 Å². The molecule has 7 heteroatoms. The van der Waals surface area contributed by atoms with Crippen LogP contribution < -0.4 is 4.52 Å². The van der Waals surface area contributed by atoms with Crippen molar-refractivity contribution >= 4 is 20.6 Å². The molecule has 1 aromatic rings. The molecule has 0 saturated carbocycles. The van der Waals surface area contributed by atoms with Gasteiger partial charge in [0.2, 0.25) is 8.38 Å². The molecule has 112 valence electrons. The number of aldehydes is 1. The lowest BCUT2D eigenvalue weighted by Crippen LogP contribution is -2.18. The van der Waals surface area contributed by atoms with Crippen molar-refractivity contribution in [1.82, 2.24) is 0 Å². The van der Waals surface area contributed by atoms with Crippen molar-refractivity contribution in [1.29, 1.82) is 0 Å². The number of rotatable bonds is 6. The van der Waals surface area contributed by atoms with Crippen LogP contribution in [0, 0.1) is 0 Å². The van der Waals surface area contributed by atoms with E-state index in [0.29, 0.717) is 18.6 Å². The van der Waals surface area contributed by atoms with Gasteiger partial charge in [-0.3, -0.25) is 0 Å². The van der Waals surface area contributed by atoms with Crippen LogP contribution in [0.5, 0.6) is 5.75 Å². The van der Waals surface area contributed by atoms with Gasteiger partial charge in [0, 0.05) is 0 Å². The molecule has 0 bridgehead atoms. The number of carbonyl (C=O) groups is 2. The summed E-state index contributed by atoms with van der Waals surface area (Å²) in [5, 5.41) is 8.48. The normalized spacial score (nSPS) is 12.4. The average molecular weight is 302 g/mol. The molecule has 0 aromatic heterocycles. The molecule has 0 aliphatic carbocycles. The predicted molar refractivity (Wildman–Crippen MR) is 75.5 cm³/mol. The van der Waals surface area contributed by atoms with Gasteiger partial charge in [0.25, 0.3) is 0 Å². The zero-order valence-corrected chi connectivity index (χ0v) is 12.3. The molecule has 0 heterocycles. The summed E-state index contributed by atoms with van der Waals surface area (Å²) >= 11 is 0. The van der Waals surface area contributed by atoms with Crippen molar-refractivity contribution in [2.75, 3.05) is 12.8 Å². The van der Waals surface area contributed by atoms with Crippen molar-refractivity contribution in [3.05, 3.63) is 30.3 Å². The van der Waals surface area contributed by atoms with E-state index in [-0.39, 0.29) is 6.16 Å². The summed E-state index contributed by atoms with van der Waals surface area (Å²) in [7, 11) is -1.63. The molecule has 1 rings (SSSR count). The van der Waals surface area contributed by atoms with Gasteiger partial charge in [-0.1, -0.05) is 18.2 Å². The number of esters is 1. The summed E-state index contributed by atoms with van der Waals surface area (Å²) in [6, 6.07) is 8.93. The van der Waals surface area contributed by atoms with E-state index in [4.69, 9.17) is 14.5 Å². The fourth-order valence-electron chi connectivity index (χ4n) is 0.967. The number of para-hydroxylation sites is 1. The molecule has 0 fully saturated rings. The van der Waals surface area contributed by atoms with Crippen molar-refractivity contribution in [2.45, 2.75) is 20.0 Å². The number of aliphatic hydroxyl groups is 1. The maximum Gasteiger partial charge on any atom is 0.334 e. The second-order valence-corrected chi connectivity index (χ2v) is 4.79. The van der Waals surface area contributed by atoms with Crippen LogP contribution in [0.1, 0.15) is 13.8 Å². The number of aliphatic hydroxyl groups excluding tert-OH is 1. The van der Waals surface area contributed by atoms with Gasteiger partial charge in [-0.15, -0.1) is 0 Å². The fourth-order valence-corrected chi connectivity index (χ4v) is 1.53.